The van der Waals surface area contributed by atoms with E-state index in [1.54, 1.807) is 12.1 Å². The summed E-state index contributed by atoms with van der Waals surface area (Å²) in [5, 5.41) is 2.68. The number of sulfonamides is 1. The van der Waals surface area contributed by atoms with Gasteiger partial charge in [0.1, 0.15) is 0 Å². The molecular formula is C21H22F2N4O3S. The summed E-state index contributed by atoms with van der Waals surface area (Å²) in [6, 6.07) is 10.5. The van der Waals surface area contributed by atoms with Crippen LogP contribution in [0.3, 0.4) is 0 Å². The molecule has 1 aliphatic rings. The van der Waals surface area contributed by atoms with Gasteiger partial charge in [-0.1, -0.05) is 18.9 Å². The minimum absolute atomic E-state index is 0.123. The number of carbonyl (C=O) groups is 1. The first-order valence-electron chi connectivity index (χ1n) is 10.0. The number of carbonyl (C=O) groups excluding carboxylic acids is 1. The molecule has 0 saturated carbocycles. The number of imidazole rings is 1. The maximum absolute atomic E-state index is 13.0. The van der Waals surface area contributed by atoms with Gasteiger partial charge >= 0.3 is 0 Å². The van der Waals surface area contributed by atoms with E-state index in [1.165, 1.54) is 34.6 Å². The van der Waals surface area contributed by atoms with Gasteiger partial charge in [-0.25, -0.2) is 22.2 Å². The first-order valence-corrected chi connectivity index (χ1v) is 11.5. The number of anilines is 1. The van der Waals surface area contributed by atoms with E-state index in [9.17, 15) is 22.0 Å². The number of H-pyrrole nitrogens is 1. The lowest BCUT2D eigenvalue weighted by Crippen LogP contribution is -2.32. The van der Waals surface area contributed by atoms with Crippen molar-refractivity contribution in [1.82, 2.24) is 14.3 Å². The zero-order valence-electron chi connectivity index (χ0n) is 16.6. The Morgan fingerprint density at radius 1 is 1.06 bits per heavy atom. The third-order valence-electron chi connectivity index (χ3n) is 5.26. The molecule has 3 aromatic rings. The molecule has 10 heteroatoms. The summed E-state index contributed by atoms with van der Waals surface area (Å²) in [4.78, 5) is 19.1. The predicted molar refractivity (Wildman–Crippen MR) is 113 cm³/mol. The highest BCUT2D eigenvalue weighted by Crippen LogP contribution is 2.24. The van der Waals surface area contributed by atoms with Crippen LogP contribution in [0.4, 0.5) is 14.5 Å². The number of aromatic amines is 1. The van der Waals surface area contributed by atoms with E-state index in [1.807, 2.05) is 0 Å². The smallest absolute Gasteiger partial charge is 0.295 e. The number of alkyl halides is 2. The second kappa shape index (κ2) is 8.72. The Hall–Kier alpha value is -2.85. The molecule has 164 valence electrons. The van der Waals surface area contributed by atoms with Crippen LogP contribution in [-0.4, -0.2) is 41.7 Å². The van der Waals surface area contributed by atoms with Gasteiger partial charge in [0.2, 0.25) is 10.0 Å². The van der Waals surface area contributed by atoms with Gasteiger partial charge in [-0.05, 0) is 49.2 Å². The van der Waals surface area contributed by atoms with Crippen molar-refractivity contribution in [2.75, 3.05) is 18.4 Å². The van der Waals surface area contributed by atoms with E-state index in [0.717, 1.165) is 25.7 Å². The molecule has 4 rings (SSSR count). The van der Waals surface area contributed by atoms with Gasteiger partial charge in [-0.15, -0.1) is 0 Å². The van der Waals surface area contributed by atoms with E-state index >= 15 is 0 Å². The highest BCUT2D eigenvalue weighted by Gasteiger charge is 2.25. The van der Waals surface area contributed by atoms with E-state index in [-0.39, 0.29) is 10.5 Å². The standard InChI is InChI=1S/C21H22F2N4O3S/c22-19(23)20-25-17-9-8-14(12-18(17)26-20)21(28)24-15-6-5-7-16(13-15)31(29,30)27-10-3-1-2-4-11-27/h5-9,12-13,19H,1-4,10-11H2,(H,24,28)(H,25,26). The summed E-state index contributed by atoms with van der Waals surface area (Å²) in [7, 11) is -3.64. The fourth-order valence-electron chi connectivity index (χ4n) is 3.64. The first-order chi connectivity index (χ1) is 14.8. The van der Waals surface area contributed by atoms with Crippen molar-refractivity contribution in [3.63, 3.8) is 0 Å². The number of benzene rings is 2. The Morgan fingerprint density at radius 3 is 2.52 bits per heavy atom. The van der Waals surface area contributed by atoms with Gasteiger partial charge in [0, 0.05) is 24.3 Å². The summed E-state index contributed by atoms with van der Waals surface area (Å²) >= 11 is 0. The highest BCUT2D eigenvalue weighted by molar-refractivity contribution is 7.89. The van der Waals surface area contributed by atoms with Crippen molar-refractivity contribution in [3.8, 4) is 0 Å². The Bertz CT molecular complexity index is 1200. The van der Waals surface area contributed by atoms with Crippen molar-refractivity contribution >= 4 is 32.7 Å². The van der Waals surface area contributed by atoms with E-state index in [4.69, 9.17) is 0 Å². The summed E-state index contributed by atoms with van der Waals surface area (Å²) in [6.45, 7) is 0.980. The molecule has 2 heterocycles. The summed E-state index contributed by atoms with van der Waals surface area (Å²) in [5.74, 6) is -0.946. The van der Waals surface area contributed by atoms with Crippen LogP contribution in [0.5, 0.6) is 0 Å². The van der Waals surface area contributed by atoms with Gasteiger partial charge in [-0.2, -0.15) is 4.31 Å². The molecule has 1 amide bonds. The topological polar surface area (TPSA) is 95.2 Å². The molecule has 1 saturated heterocycles. The highest BCUT2D eigenvalue weighted by atomic mass is 32.2. The molecule has 0 aliphatic carbocycles. The Kier molecular flexibility index (Phi) is 6.01. The van der Waals surface area contributed by atoms with Crippen molar-refractivity contribution < 1.29 is 22.0 Å². The molecule has 0 spiro atoms. The maximum Gasteiger partial charge on any atom is 0.295 e. The Labute approximate surface area is 178 Å². The van der Waals surface area contributed by atoms with Crippen molar-refractivity contribution in [2.45, 2.75) is 37.0 Å². The molecule has 0 radical (unpaired) electrons. The van der Waals surface area contributed by atoms with Gasteiger partial charge in [0.05, 0.1) is 15.9 Å². The number of amides is 1. The zero-order valence-corrected chi connectivity index (χ0v) is 17.5. The normalized spacial score (nSPS) is 15.8. The summed E-state index contributed by atoms with van der Waals surface area (Å²) < 4.78 is 53.1. The quantitative estimate of drug-likeness (QED) is 0.608. The molecule has 1 fully saturated rings. The van der Waals surface area contributed by atoms with Crippen LogP contribution < -0.4 is 5.32 Å². The predicted octanol–water partition coefficient (Wildman–Crippen LogP) is 4.32. The molecule has 31 heavy (non-hydrogen) atoms. The Morgan fingerprint density at radius 2 is 1.81 bits per heavy atom. The third-order valence-corrected chi connectivity index (χ3v) is 7.16. The van der Waals surface area contributed by atoms with Gasteiger partial charge < -0.3 is 10.3 Å². The van der Waals surface area contributed by atoms with Crippen molar-refractivity contribution in [2.24, 2.45) is 0 Å². The number of rotatable bonds is 5. The number of nitrogens with zero attached hydrogens (tertiary/aromatic N) is 2. The van der Waals surface area contributed by atoms with Crippen LogP contribution in [0.2, 0.25) is 0 Å². The average molecular weight is 448 g/mol. The molecule has 2 aromatic carbocycles. The fraction of sp³-hybridized carbons (Fsp3) is 0.333. The van der Waals surface area contributed by atoms with Crippen LogP contribution in [-0.2, 0) is 10.0 Å². The van der Waals surface area contributed by atoms with Crippen LogP contribution >= 0.6 is 0 Å². The van der Waals surface area contributed by atoms with Gasteiger partial charge in [0.15, 0.2) is 5.82 Å². The SMILES string of the molecule is O=C(Nc1cccc(S(=O)(=O)N2CCCCCC2)c1)c1ccc2nc(C(F)F)[nH]c2c1. The minimum atomic E-state index is -3.64. The number of fused-ring (bicyclic) bond motifs is 1. The molecule has 0 atom stereocenters. The zero-order chi connectivity index (χ0) is 22.0. The largest absolute Gasteiger partial charge is 0.337 e. The van der Waals surface area contributed by atoms with Crippen LogP contribution in [0, 0.1) is 0 Å². The van der Waals surface area contributed by atoms with Gasteiger partial charge in [0.25, 0.3) is 12.3 Å². The first kappa shape index (κ1) is 21.4. The van der Waals surface area contributed by atoms with E-state index in [0.29, 0.717) is 29.8 Å². The van der Waals surface area contributed by atoms with Crippen LogP contribution in [0.15, 0.2) is 47.4 Å². The van der Waals surface area contributed by atoms with Crippen LogP contribution in [0.1, 0.15) is 48.3 Å². The molecule has 7 nitrogen and oxygen atoms in total. The molecule has 2 N–H and O–H groups in total. The summed E-state index contributed by atoms with van der Waals surface area (Å²) in [5.41, 5.74) is 1.22. The number of aromatic nitrogens is 2. The van der Waals surface area contributed by atoms with Gasteiger partial charge in [-0.3, -0.25) is 4.79 Å². The molecule has 1 aromatic heterocycles. The van der Waals surface area contributed by atoms with Crippen LogP contribution in [0.25, 0.3) is 11.0 Å². The Balaban J connectivity index is 1.54. The molecule has 1 aliphatic heterocycles. The lowest BCUT2D eigenvalue weighted by Gasteiger charge is -2.20. The maximum atomic E-state index is 13.0. The fourth-order valence-corrected chi connectivity index (χ4v) is 5.21. The summed E-state index contributed by atoms with van der Waals surface area (Å²) in [6.07, 6.45) is 0.958. The monoisotopic (exact) mass is 448 g/mol. The van der Waals surface area contributed by atoms with Crippen molar-refractivity contribution in [1.29, 1.82) is 0 Å². The number of hydrogen-bond acceptors (Lipinski definition) is 4. The second-order valence-corrected chi connectivity index (χ2v) is 9.39. The molecular weight excluding hydrogens is 426 g/mol. The van der Waals surface area contributed by atoms with Crippen molar-refractivity contribution in [3.05, 3.63) is 53.9 Å². The second-order valence-electron chi connectivity index (χ2n) is 7.45. The number of nitrogens with one attached hydrogen (secondary N) is 2. The van der Waals surface area contributed by atoms with E-state index in [2.05, 4.69) is 15.3 Å². The molecule has 0 bridgehead atoms. The lowest BCUT2D eigenvalue weighted by atomic mass is 10.2. The number of hydrogen-bond donors (Lipinski definition) is 2. The average Bonchev–Trinajstić information content (AvgIpc) is 2.98. The van der Waals surface area contributed by atoms with E-state index < -0.39 is 28.2 Å². The number of halogens is 2. The third kappa shape index (κ3) is 4.59. The minimum Gasteiger partial charge on any atom is -0.337 e. The lowest BCUT2D eigenvalue weighted by molar-refractivity contribution is 0.102. The molecule has 0 unspecified atom stereocenters.